The highest BCUT2D eigenvalue weighted by molar-refractivity contribution is 7.89. The molecule has 3 rings (SSSR count). The fourth-order valence-corrected chi connectivity index (χ4v) is 4.88. The number of aromatic amines is 1. The molecule has 1 amide bonds. The zero-order chi connectivity index (χ0) is 20.3. The number of hydrogen-bond acceptors (Lipinski definition) is 5. The van der Waals surface area contributed by atoms with Gasteiger partial charge in [-0.1, -0.05) is 17.7 Å². The van der Waals surface area contributed by atoms with Gasteiger partial charge in [0.05, 0.1) is 4.90 Å². The number of piperidine rings is 1. The third-order valence-corrected chi connectivity index (χ3v) is 7.38. The molecule has 8 nitrogen and oxygen atoms in total. The number of benzene rings is 1. The van der Waals surface area contributed by atoms with Crippen molar-refractivity contribution in [1.29, 1.82) is 0 Å². The topological polar surface area (TPSA) is 100 Å². The van der Waals surface area contributed by atoms with Crippen LogP contribution in [0, 0.1) is 17.6 Å². The Hall–Kier alpha value is -2.04. The lowest BCUT2D eigenvalue weighted by molar-refractivity contribution is -0.126. The Morgan fingerprint density at radius 3 is 2.50 bits per heavy atom. The van der Waals surface area contributed by atoms with E-state index in [0.717, 1.165) is 11.4 Å². The number of nitrogens with one attached hydrogen (secondary N) is 2. The maximum atomic E-state index is 12.7. The van der Waals surface area contributed by atoms with E-state index in [2.05, 4.69) is 15.5 Å². The van der Waals surface area contributed by atoms with Gasteiger partial charge in [-0.05, 0) is 44.1 Å². The Kier molecular flexibility index (Phi) is 6.31. The summed E-state index contributed by atoms with van der Waals surface area (Å²) in [6.07, 6.45) is 1.61. The summed E-state index contributed by atoms with van der Waals surface area (Å²) in [6.45, 7) is 3.08. The largest absolute Gasteiger partial charge is 0.355 e. The highest BCUT2D eigenvalue weighted by Crippen LogP contribution is 2.24. The van der Waals surface area contributed by atoms with Gasteiger partial charge in [-0.2, -0.15) is 9.40 Å². The maximum Gasteiger partial charge on any atom is 0.243 e. The van der Waals surface area contributed by atoms with Crippen LogP contribution in [0.1, 0.15) is 24.2 Å². The summed E-state index contributed by atoms with van der Waals surface area (Å²) in [6, 6.07) is 6.85. The average molecular weight is 424 g/mol. The molecule has 1 fully saturated rings. The van der Waals surface area contributed by atoms with Crippen molar-refractivity contribution in [3.05, 3.63) is 40.4 Å². The number of amides is 1. The van der Waals surface area contributed by atoms with E-state index in [9.17, 15) is 13.2 Å². The average Bonchev–Trinajstić information content (AvgIpc) is 3.00. The molecule has 1 aliphatic rings. The van der Waals surface area contributed by atoms with Crippen molar-refractivity contribution in [2.75, 3.05) is 19.6 Å². The van der Waals surface area contributed by atoms with Crippen molar-refractivity contribution in [2.24, 2.45) is 13.0 Å². The van der Waals surface area contributed by atoms with Crippen molar-refractivity contribution in [3.8, 4) is 0 Å². The van der Waals surface area contributed by atoms with Crippen LogP contribution >= 0.6 is 12.2 Å². The van der Waals surface area contributed by atoms with Crippen LogP contribution in [0.15, 0.2) is 29.2 Å². The third kappa shape index (κ3) is 4.50. The first kappa shape index (κ1) is 20.7. The van der Waals surface area contributed by atoms with E-state index in [0.29, 0.717) is 48.6 Å². The first-order valence-electron chi connectivity index (χ1n) is 9.24. The van der Waals surface area contributed by atoms with Gasteiger partial charge in [0.2, 0.25) is 15.9 Å². The molecule has 0 unspecified atom stereocenters. The predicted molar refractivity (Wildman–Crippen MR) is 108 cm³/mol. The monoisotopic (exact) mass is 423 g/mol. The molecule has 1 aromatic heterocycles. The van der Waals surface area contributed by atoms with E-state index < -0.39 is 10.0 Å². The Balaban J connectivity index is 1.50. The lowest BCUT2D eigenvalue weighted by atomic mass is 9.97. The minimum Gasteiger partial charge on any atom is -0.355 e. The first-order chi connectivity index (χ1) is 13.3. The number of nitrogens with zero attached hydrogens (tertiary/aromatic N) is 3. The number of aryl methyl sites for hydroxylation is 1. The Bertz CT molecular complexity index is 987. The van der Waals surface area contributed by atoms with Crippen molar-refractivity contribution in [2.45, 2.75) is 31.1 Å². The fraction of sp³-hybridized carbons (Fsp3) is 0.500. The van der Waals surface area contributed by atoms with Gasteiger partial charge in [0.15, 0.2) is 4.77 Å². The zero-order valence-corrected chi connectivity index (χ0v) is 17.6. The molecular weight excluding hydrogens is 398 g/mol. The normalized spacial score (nSPS) is 16.2. The van der Waals surface area contributed by atoms with Crippen LogP contribution in [0.2, 0.25) is 0 Å². The summed E-state index contributed by atoms with van der Waals surface area (Å²) < 4.78 is 29.3. The molecule has 2 aromatic rings. The van der Waals surface area contributed by atoms with E-state index in [-0.39, 0.29) is 11.8 Å². The number of H-pyrrole nitrogens is 1. The number of hydrogen-bond donors (Lipinski definition) is 2. The summed E-state index contributed by atoms with van der Waals surface area (Å²) in [7, 11) is -1.68. The molecule has 10 heteroatoms. The van der Waals surface area contributed by atoms with Crippen molar-refractivity contribution >= 4 is 28.1 Å². The molecule has 2 N–H and O–H groups in total. The summed E-state index contributed by atoms with van der Waals surface area (Å²) >= 11 is 5.06. The second-order valence-corrected chi connectivity index (χ2v) is 9.36. The smallest absolute Gasteiger partial charge is 0.243 e. The van der Waals surface area contributed by atoms with E-state index in [1.165, 1.54) is 4.31 Å². The molecule has 0 aliphatic carbocycles. The fourth-order valence-electron chi connectivity index (χ4n) is 3.26. The molecular formula is C18H25N5O3S2. The summed E-state index contributed by atoms with van der Waals surface area (Å²) in [5, 5.41) is 9.75. The molecule has 0 atom stereocenters. The molecule has 0 radical (unpaired) electrons. The minimum absolute atomic E-state index is 0.0378. The van der Waals surface area contributed by atoms with Gasteiger partial charge in [0.1, 0.15) is 5.82 Å². The van der Waals surface area contributed by atoms with Gasteiger partial charge in [0, 0.05) is 39.0 Å². The van der Waals surface area contributed by atoms with E-state index in [4.69, 9.17) is 12.2 Å². The lowest BCUT2D eigenvalue weighted by Gasteiger charge is -2.30. The van der Waals surface area contributed by atoms with Crippen molar-refractivity contribution in [1.82, 2.24) is 24.4 Å². The molecule has 28 heavy (non-hydrogen) atoms. The summed E-state index contributed by atoms with van der Waals surface area (Å²) in [5.74, 6) is 0.570. The molecule has 2 heterocycles. The van der Waals surface area contributed by atoms with Crippen LogP contribution < -0.4 is 5.32 Å². The van der Waals surface area contributed by atoms with Gasteiger partial charge in [0.25, 0.3) is 0 Å². The van der Waals surface area contributed by atoms with Crippen LogP contribution in [0.4, 0.5) is 0 Å². The maximum absolute atomic E-state index is 12.7. The number of carbonyl (C=O) groups is 1. The van der Waals surface area contributed by atoms with Crippen LogP contribution in [-0.2, 0) is 28.3 Å². The molecule has 152 valence electrons. The van der Waals surface area contributed by atoms with E-state index in [1.807, 2.05) is 14.0 Å². The van der Waals surface area contributed by atoms with Gasteiger partial charge in [-0.15, -0.1) is 0 Å². The molecule has 0 spiro atoms. The second kappa shape index (κ2) is 8.54. The number of aromatic nitrogens is 3. The quantitative estimate of drug-likeness (QED) is 0.687. The highest BCUT2D eigenvalue weighted by atomic mass is 32.2. The zero-order valence-electron chi connectivity index (χ0n) is 16.0. The Labute approximate surface area is 170 Å². The van der Waals surface area contributed by atoms with Gasteiger partial charge < -0.3 is 9.88 Å². The van der Waals surface area contributed by atoms with Crippen LogP contribution in [-0.4, -0.2) is 53.0 Å². The van der Waals surface area contributed by atoms with E-state index >= 15 is 0 Å². The van der Waals surface area contributed by atoms with Crippen molar-refractivity contribution < 1.29 is 13.2 Å². The second-order valence-electron chi connectivity index (χ2n) is 7.04. The van der Waals surface area contributed by atoms with Crippen LogP contribution in [0.25, 0.3) is 0 Å². The molecule has 1 saturated heterocycles. The van der Waals surface area contributed by atoms with Gasteiger partial charge >= 0.3 is 0 Å². The third-order valence-electron chi connectivity index (χ3n) is 5.10. The van der Waals surface area contributed by atoms with Crippen molar-refractivity contribution in [3.63, 3.8) is 0 Å². The minimum atomic E-state index is -3.51. The standard InChI is InChI=1S/C18H25N5O3S2/c1-13-3-5-15(6-4-13)28(25,26)23-11-8-14(9-12-23)17(24)19-10-7-16-20-21-18(27)22(16)2/h3-6,14H,7-12H2,1-2H3,(H,19,24)(H,21,27). The molecule has 0 saturated carbocycles. The van der Waals surface area contributed by atoms with E-state index in [1.54, 1.807) is 28.8 Å². The Morgan fingerprint density at radius 1 is 1.29 bits per heavy atom. The summed E-state index contributed by atoms with van der Waals surface area (Å²) in [4.78, 5) is 12.7. The first-order valence-corrected chi connectivity index (χ1v) is 11.1. The van der Waals surface area contributed by atoms with Crippen LogP contribution in [0.5, 0.6) is 0 Å². The number of sulfonamides is 1. The SMILES string of the molecule is Cc1ccc(S(=O)(=O)N2CCC(C(=O)NCCc3n[nH]c(=S)n3C)CC2)cc1. The number of carbonyl (C=O) groups excluding carboxylic acids is 1. The van der Waals surface area contributed by atoms with Gasteiger partial charge in [-0.25, -0.2) is 8.42 Å². The highest BCUT2D eigenvalue weighted by Gasteiger charge is 2.31. The number of rotatable bonds is 6. The lowest BCUT2D eigenvalue weighted by Crippen LogP contribution is -2.43. The molecule has 0 bridgehead atoms. The summed E-state index contributed by atoms with van der Waals surface area (Å²) in [5.41, 5.74) is 1.02. The molecule has 1 aliphatic heterocycles. The predicted octanol–water partition coefficient (Wildman–Crippen LogP) is 1.55. The molecule has 1 aromatic carbocycles. The van der Waals surface area contributed by atoms with Crippen LogP contribution in [0.3, 0.4) is 0 Å². The Morgan fingerprint density at radius 2 is 1.93 bits per heavy atom. The van der Waals surface area contributed by atoms with Gasteiger partial charge in [-0.3, -0.25) is 9.89 Å².